The van der Waals surface area contributed by atoms with Gasteiger partial charge in [-0.15, -0.1) is 0 Å². The molecule has 0 saturated heterocycles. The highest BCUT2D eigenvalue weighted by atomic mass is 32.1. The number of carbonyl (C=O) groups excluding carboxylic acids is 1. The molecule has 122 heavy (non-hydrogen) atoms. The van der Waals surface area contributed by atoms with Crippen LogP contribution >= 0.6 is 34.0 Å². The summed E-state index contributed by atoms with van der Waals surface area (Å²) in [5, 5.41) is 59.1. The van der Waals surface area contributed by atoms with Crippen molar-refractivity contribution in [1.82, 2.24) is 80.7 Å². The van der Waals surface area contributed by atoms with Crippen LogP contribution in [0.5, 0.6) is 23.0 Å². The molecule has 8 N–H and O–H groups in total. The highest BCUT2D eigenvalue weighted by molar-refractivity contribution is 7.08. The molecule has 20 aromatic rings. The van der Waals surface area contributed by atoms with Crippen LogP contribution in [0.3, 0.4) is 0 Å². The third-order valence-electron chi connectivity index (χ3n) is 20.2. The Hall–Kier alpha value is -15.7. The standard InChI is InChI=1S/C26H21N5O2.2C23H19N5OS.C22H17N5OS/c1-16(32)17-8-10-19(11-9-17)24-23-25(27-15-28-26(23)31-30-24)29-21-14-20(12-13-22(21)33-2)18-6-4-3-5-7-18;1-14-4-3-5-15(10-14)16-6-7-19(29-2)18(11-16)26-22-20-21(17-8-9-30-12-17)27-28-23(20)25-13-24-22;1-14-5-3-4-6-17(14)15-7-8-19(29-2)18(11-15)26-22-20-21(16-9-10-30-12-16)27-28-23(20)25-13-24-22;1-28-18-8-7-15(14-5-3-2-4-6-14)11-17(18)25-21-19-20(16-9-10-29-12-16)26-27-22(19)24-13-23-21/h3-15H,1-2H3,(H2,27,28,29,30,31);2*3-13H,1-2H3,(H2,24,25,26,27,28);2-13H,1H3,(H2,23,24,25,26,27). The average Bonchev–Trinajstić information content (AvgIpc) is 1.60. The molecule has 0 aliphatic carbocycles. The second-order valence-corrected chi connectivity index (χ2v) is 30.2. The second kappa shape index (κ2) is 36.1. The van der Waals surface area contributed by atoms with E-state index in [2.05, 4.69) is 223 Å². The maximum absolute atomic E-state index is 11.6. The van der Waals surface area contributed by atoms with Gasteiger partial charge in [-0.05, 0) is 154 Å². The molecule has 20 rings (SSSR count). The Morgan fingerprint density at radius 3 is 0.975 bits per heavy atom. The monoisotopic (exact) mass is 1660 g/mol. The summed E-state index contributed by atoms with van der Waals surface area (Å²) in [6.45, 7) is 5.75. The van der Waals surface area contributed by atoms with Gasteiger partial charge in [0, 0.05) is 44.0 Å². The Bertz CT molecular complexity index is 7040. The maximum atomic E-state index is 11.6. The lowest BCUT2D eigenvalue weighted by Gasteiger charge is -2.14. The third-order valence-corrected chi connectivity index (χ3v) is 22.3. The molecular weight excluding hydrogens is 1590 g/mol. The molecule has 0 bridgehead atoms. The number of thiophene rings is 3. The average molecular weight is 1660 g/mol. The first-order valence-corrected chi connectivity index (χ1v) is 41.3. The minimum atomic E-state index is 0.0205. The number of aryl methyl sites for hydroxylation is 2. The number of aromatic nitrogens is 16. The van der Waals surface area contributed by atoms with Gasteiger partial charge in [0.05, 0.1) is 95.5 Å². The summed E-state index contributed by atoms with van der Waals surface area (Å²) >= 11 is 4.90. The molecule has 0 radical (unpaired) electrons. The molecule has 28 heteroatoms. The molecule has 0 spiro atoms. The molecule has 0 aliphatic heterocycles. The molecule has 0 saturated carbocycles. The number of fused-ring (bicyclic) bond motifs is 4. The summed E-state index contributed by atoms with van der Waals surface area (Å²) in [5.41, 5.74) is 25.1. The van der Waals surface area contributed by atoms with Crippen molar-refractivity contribution in [2.24, 2.45) is 0 Å². The number of nitrogens with zero attached hydrogens (tertiary/aromatic N) is 12. The first-order valence-electron chi connectivity index (χ1n) is 38.4. The van der Waals surface area contributed by atoms with Crippen molar-refractivity contribution < 1.29 is 23.7 Å². The lowest BCUT2D eigenvalue weighted by molar-refractivity contribution is 0.101. The summed E-state index contributed by atoms with van der Waals surface area (Å²) in [7, 11) is 6.63. The van der Waals surface area contributed by atoms with Crippen molar-refractivity contribution in [1.29, 1.82) is 0 Å². The molecule has 11 heterocycles. The predicted octanol–water partition coefficient (Wildman–Crippen LogP) is 22.8. The number of anilines is 8. The van der Waals surface area contributed by atoms with Crippen LogP contribution in [0.1, 0.15) is 28.4 Å². The van der Waals surface area contributed by atoms with Gasteiger partial charge in [-0.1, -0.05) is 163 Å². The van der Waals surface area contributed by atoms with Gasteiger partial charge in [0.2, 0.25) is 0 Å². The van der Waals surface area contributed by atoms with E-state index in [1.165, 1.54) is 42.0 Å². The minimum Gasteiger partial charge on any atom is -0.495 e. The van der Waals surface area contributed by atoms with Gasteiger partial charge in [0.15, 0.2) is 28.4 Å². The number of Topliss-reactive ketones (excluding diaryl/α,β-unsaturated/α-hetero) is 1. The van der Waals surface area contributed by atoms with Crippen molar-refractivity contribution in [3.05, 3.63) is 299 Å². The van der Waals surface area contributed by atoms with Crippen molar-refractivity contribution in [2.75, 3.05) is 49.7 Å². The van der Waals surface area contributed by atoms with Crippen LogP contribution in [0, 0.1) is 13.8 Å². The summed E-state index contributed by atoms with van der Waals surface area (Å²) in [4.78, 5) is 46.9. The fourth-order valence-electron chi connectivity index (χ4n) is 14.2. The van der Waals surface area contributed by atoms with E-state index in [9.17, 15) is 4.79 Å². The van der Waals surface area contributed by atoms with Gasteiger partial charge in [-0.3, -0.25) is 25.2 Å². The SMILES string of the molecule is COc1ccc(-c2cccc(C)c2)cc1Nc1ncnc2n[nH]c(-c3ccsc3)c12.COc1ccc(-c2ccccc2)cc1Nc1ncnc2n[nH]c(-c3ccc(C(C)=O)cc3)c12.COc1ccc(-c2ccccc2)cc1Nc1ncnc2n[nH]c(-c3ccsc3)c12.COc1ccc(-c2ccccc2C)cc1Nc1ncnc2n[nH]c(-c3ccsc3)c12. The summed E-state index contributed by atoms with van der Waals surface area (Å²) in [5.74, 6) is 5.54. The van der Waals surface area contributed by atoms with E-state index in [-0.39, 0.29) is 5.78 Å². The van der Waals surface area contributed by atoms with E-state index in [4.69, 9.17) is 18.9 Å². The number of benzene rings is 9. The van der Waals surface area contributed by atoms with Crippen molar-refractivity contribution in [3.8, 4) is 113 Å². The van der Waals surface area contributed by atoms with Crippen molar-refractivity contribution in [2.45, 2.75) is 20.8 Å². The zero-order valence-electron chi connectivity index (χ0n) is 66.8. The van der Waals surface area contributed by atoms with Crippen LogP contribution in [0.2, 0.25) is 0 Å². The van der Waals surface area contributed by atoms with E-state index in [0.717, 1.165) is 146 Å². The normalized spacial score (nSPS) is 10.9. The van der Waals surface area contributed by atoms with Gasteiger partial charge in [-0.2, -0.15) is 54.4 Å². The van der Waals surface area contributed by atoms with E-state index in [1.54, 1.807) is 81.5 Å². The summed E-state index contributed by atoms with van der Waals surface area (Å²) in [6, 6.07) is 74.9. The number of ketones is 1. The molecule has 11 aromatic heterocycles. The van der Waals surface area contributed by atoms with Crippen LogP contribution < -0.4 is 40.2 Å². The number of methoxy groups -OCH3 is 4. The maximum Gasteiger partial charge on any atom is 0.186 e. The number of hydrogen-bond acceptors (Lipinski definition) is 24. The fraction of sp³-hybridized carbons (Fsp3) is 0.0745. The van der Waals surface area contributed by atoms with Crippen molar-refractivity contribution >= 4 is 130 Å². The topological polar surface area (TPSA) is 320 Å². The lowest BCUT2D eigenvalue weighted by Crippen LogP contribution is -1.99. The van der Waals surface area contributed by atoms with Crippen LogP contribution in [-0.2, 0) is 0 Å². The van der Waals surface area contributed by atoms with Gasteiger partial charge in [0.1, 0.15) is 71.6 Å². The van der Waals surface area contributed by atoms with E-state index in [0.29, 0.717) is 57.2 Å². The van der Waals surface area contributed by atoms with E-state index >= 15 is 0 Å². The number of hydrogen-bond donors (Lipinski definition) is 8. The van der Waals surface area contributed by atoms with Gasteiger partial charge in [0.25, 0.3) is 0 Å². The molecule has 9 aromatic carbocycles. The quantitative estimate of drug-likeness (QED) is 0.0310. The lowest BCUT2D eigenvalue weighted by atomic mass is 10.00. The van der Waals surface area contributed by atoms with Crippen LogP contribution in [0.4, 0.5) is 46.0 Å². The largest absolute Gasteiger partial charge is 0.495 e. The predicted molar refractivity (Wildman–Crippen MR) is 488 cm³/mol. The molecule has 600 valence electrons. The third kappa shape index (κ3) is 17.0. The molecule has 0 aliphatic rings. The fourth-order valence-corrected chi connectivity index (χ4v) is 16.1. The van der Waals surface area contributed by atoms with Gasteiger partial charge in [-0.25, -0.2) is 39.9 Å². The number of rotatable bonds is 21. The smallest absolute Gasteiger partial charge is 0.186 e. The first kappa shape index (κ1) is 78.8. The number of aromatic amines is 4. The Labute approximate surface area is 711 Å². The molecule has 0 unspecified atom stereocenters. The summed E-state index contributed by atoms with van der Waals surface area (Å²) in [6.07, 6.45) is 6.01. The molecule has 0 atom stereocenters. The highest BCUT2D eigenvalue weighted by Crippen LogP contribution is 2.43. The van der Waals surface area contributed by atoms with Crippen LogP contribution in [-0.4, -0.2) is 115 Å². The zero-order chi connectivity index (χ0) is 83.4. The Morgan fingerprint density at radius 2 is 0.631 bits per heavy atom. The van der Waals surface area contributed by atoms with E-state index in [1.807, 2.05) is 137 Å². The zero-order valence-corrected chi connectivity index (χ0v) is 69.2. The Morgan fingerprint density at radius 1 is 0.311 bits per heavy atom. The minimum absolute atomic E-state index is 0.0205. The number of H-pyrrole nitrogens is 4. The molecule has 0 fully saturated rings. The van der Waals surface area contributed by atoms with Crippen LogP contribution in [0.25, 0.3) is 134 Å². The number of carbonyl (C=O) groups is 1. The number of nitrogens with one attached hydrogen (secondary N) is 8. The molecule has 0 amide bonds. The first-order chi connectivity index (χ1) is 59.9. The van der Waals surface area contributed by atoms with Crippen molar-refractivity contribution in [3.63, 3.8) is 0 Å². The highest BCUT2D eigenvalue weighted by Gasteiger charge is 2.23. The van der Waals surface area contributed by atoms with Gasteiger partial charge >= 0.3 is 0 Å². The second-order valence-electron chi connectivity index (χ2n) is 27.8. The van der Waals surface area contributed by atoms with Crippen LogP contribution in [0.15, 0.2) is 282 Å². The number of ether oxygens (including phenoxy) is 4. The Balaban J connectivity index is 0.000000116. The Kier molecular flexibility index (Phi) is 23.3. The van der Waals surface area contributed by atoms with Gasteiger partial charge < -0.3 is 40.2 Å². The molecule has 25 nitrogen and oxygen atoms in total. The summed E-state index contributed by atoms with van der Waals surface area (Å²) < 4.78 is 22.4. The molecular formula is C94H76N20O5S3. The van der Waals surface area contributed by atoms with E-state index < -0.39 is 0 Å².